The second-order valence-corrected chi connectivity index (χ2v) is 8.19. The number of nitrogens with zero attached hydrogens (tertiary/aromatic N) is 2. The van der Waals surface area contributed by atoms with Crippen LogP contribution in [0.4, 0.5) is 5.69 Å². The zero-order valence-corrected chi connectivity index (χ0v) is 18.0. The van der Waals surface area contributed by atoms with Crippen molar-refractivity contribution in [2.45, 2.75) is 32.0 Å². The van der Waals surface area contributed by atoms with Crippen molar-refractivity contribution in [2.24, 2.45) is 11.8 Å². The molecule has 3 aliphatic rings. The molecule has 0 saturated carbocycles. The molecule has 1 aromatic carbocycles. The number of nitrogens with one attached hydrogen (secondary N) is 1. The Labute approximate surface area is 178 Å². The van der Waals surface area contributed by atoms with E-state index >= 15 is 0 Å². The minimum Gasteiger partial charge on any atom is -0.497 e. The van der Waals surface area contributed by atoms with Gasteiger partial charge in [-0.3, -0.25) is 9.59 Å². The van der Waals surface area contributed by atoms with Crippen molar-refractivity contribution in [3.63, 3.8) is 0 Å². The zero-order chi connectivity index (χ0) is 21.3. The zero-order valence-electron chi connectivity index (χ0n) is 18.0. The summed E-state index contributed by atoms with van der Waals surface area (Å²) in [4.78, 5) is 30.4. The molecule has 4 atom stereocenters. The molecule has 1 spiro atoms. The van der Waals surface area contributed by atoms with Crippen molar-refractivity contribution in [2.75, 3.05) is 44.7 Å². The number of rotatable bonds is 9. The number of carbonyl (C=O) groups excluding carboxylic acids is 2. The summed E-state index contributed by atoms with van der Waals surface area (Å²) in [6.45, 7) is 8.29. The lowest BCUT2D eigenvalue weighted by Crippen LogP contribution is -2.44. The number of fused-ring (bicyclic) bond motifs is 1. The molecule has 3 heterocycles. The van der Waals surface area contributed by atoms with Crippen LogP contribution in [0.3, 0.4) is 0 Å². The Bertz CT molecular complexity index is 820. The third-order valence-corrected chi connectivity index (χ3v) is 6.63. The molecule has 7 heteroatoms. The summed E-state index contributed by atoms with van der Waals surface area (Å²) in [5.74, 6) is -0.338. The van der Waals surface area contributed by atoms with E-state index in [1.807, 2.05) is 36.4 Å². The SMILES string of the molecule is CCN(CC)CCCNC(=O)[C@H]1[C@H]2C=C[C@@]3(CN(c4ccc(OC)cc4)C(=O)[C@@H]13)O2. The van der Waals surface area contributed by atoms with Crippen molar-refractivity contribution in [1.29, 1.82) is 0 Å². The molecule has 7 nitrogen and oxygen atoms in total. The van der Waals surface area contributed by atoms with E-state index in [9.17, 15) is 9.59 Å². The maximum atomic E-state index is 13.3. The highest BCUT2D eigenvalue weighted by atomic mass is 16.5. The molecule has 2 bridgehead atoms. The van der Waals surface area contributed by atoms with E-state index in [0.717, 1.165) is 37.5 Å². The van der Waals surface area contributed by atoms with Crippen molar-refractivity contribution in [3.05, 3.63) is 36.4 Å². The van der Waals surface area contributed by atoms with Crippen molar-refractivity contribution in [1.82, 2.24) is 10.2 Å². The van der Waals surface area contributed by atoms with Gasteiger partial charge in [0, 0.05) is 12.2 Å². The fraction of sp³-hybridized carbons (Fsp3) is 0.565. The first-order chi connectivity index (χ1) is 14.5. The van der Waals surface area contributed by atoms with Crippen LogP contribution in [-0.2, 0) is 14.3 Å². The van der Waals surface area contributed by atoms with E-state index in [1.165, 1.54) is 0 Å². The minimum absolute atomic E-state index is 0.0460. The molecule has 2 saturated heterocycles. The Morgan fingerprint density at radius 1 is 1.30 bits per heavy atom. The normalized spacial score (nSPS) is 29.0. The van der Waals surface area contributed by atoms with Crippen molar-refractivity contribution >= 4 is 17.5 Å². The van der Waals surface area contributed by atoms with Crippen LogP contribution in [0.2, 0.25) is 0 Å². The summed E-state index contributed by atoms with van der Waals surface area (Å²) in [6.07, 6.45) is 4.50. The van der Waals surface area contributed by atoms with Crippen LogP contribution in [0.25, 0.3) is 0 Å². The van der Waals surface area contributed by atoms with Crippen LogP contribution < -0.4 is 15.0 Å². The molecule has 1 N–H and O–H groups in total. The second kappa shape index (κ2) is 8.40. The summed E-state index contributed by atoms with van der Waals surface area (Å²) in [5.41, 5.74) is 0.0914. The van der Waals surface area contributed by atoms with E-state index < -0.39 is 17.4 Å². The van der Waals surface area contributed by atoms with Crippen LogP contribution in [-0.4, -0.2) is 68.3 Å². The molecule has 4 rings (SSSR count). The van der Waals surface area contributed by atoms with Crippen molar-refractivity contribution in [3.8, 4) is 5.75 Å². The summed E-state index contributed by atoms with van der Waals surface area (Å²) < 4.78 is 11.4. The third-order valence-electron chi connectivity index (χ3n) is 6.63. The number of amides is 2. The average Bonchev–Trinajstić information content (AvgIpc) is 3.42. The number of anilines is 1. The quantitative estimate of drug-likeness (QED) is 0.494. The topological polar surface area (TPSA) is 71.1 Å². The average molecular weight is 414 g/mol. The molecule has 3 aliphatic heterocycles. The molecule has 30 heavy (non-hydrogen) atoms. The maximum absolute atomic E-state index is 13.3. The summed E-state index contributed by atoms with van der Waals surface area (Å²) >= 11 is 0. The molecule has 0 aromatic heterocycles. The van der Waals surface area contributed by atoms with E-state index in [0.29, 0.717) is 13.1 Å². The van der Waals surface area contributed by atoms with Gasteiger partial charge in [-0.1, -0.05) is 26.0 Å². The molecule has 0 aliphatic carbocycles. The van der Waals surface area contributed by atoms with Gasteiger partial charge in [-0.05, 0) is 50.3 Å². The second-order valence-electron chi connectivity index (χ2n) is 8.19. The maximum Gasteiger partial charge on any atom is 0.234 e. The van der Waals surface area contributed by atoms with E-state index in [4.69, 9.17) is 9.47 Å². The predicted molar refractivity (Wildman–Crippen MR) is 114 cm³/mol. The third kappa shape index (κ3) is 3.50. The lowest BCUT2D eigenvalue weighted by molar-refractivity contribution is -0.131. The lowest BCUT2D eigenvalue weighted by atomic mass is 9.77. The Morgan fingerprint density at radius 3 is 2.70 bits per heavy atom. The number of methoxy groups -OCH3 is 1. The fourth-order valence-corrected chi connectivity index (χ4v) is 4.95. The summed E-state index contributed by atoms with van der Waals surface area (Å²) in [6, 6.07) is 7.41. The van der Waals surface area contributed by atoms with Gasteiger partial charge in [0.1, 0.15) is 11.4 Å². The van der Waals surface area contributed by atoms with E-state index in [1.54, 1.807) is 12.0 Å². The number of hydrogen-bond acceptors (Lipinski definition) is 5. The van der Waals surface area contributed by atoms with E-state index in [2.05, 4.69) is 24.1 Å². The number of hydrogen-bond donors (Lipinski definition) is 1. The van der Waals surface area contributed by atoms with Gasteiger partial charge >= 0.3 is 0 Å². The van der Waals surface area contributed by atoms with Gasteiger partial charge in [0.25, 0.3) is 0 Å². The smallest absolute Gasteiger partial charge is 0.234 e. The van der Waals surface area contributed by atoms with Crippen molar-refractivity contribution < 1.29 is 19.1 Å². The Hall–Kier alpha value is -2.38. The highest BCUT2D eigenvalue weighted by Gasteiger charge is 2.67. The van der Waals surface area contributed by atoms with Crippen LogP contribution in [0, 0.1) is 11.8 Å². The fourth-order valence-electron chi connectivity index (χ4n) is 4.95. The first-order valence-corrected chi connectivity index (χ1v) is 10.9. The molecule has 1 aromatic rings. The Kier molecular flexibility index (Phi) is 5.84. The molecule has 162 valence electrons. The monoisotopic (exact) mass is 413 g/mol. The molecular weight excluding hydrogens is 382 g/mol. The molecule has 0 radical (unpaired) electrons. The van der Waals surface area contributed by atoms with Gasteiger partial charge in [0.05, 0.1) is 31.6 Å². The van der Waals surface area contributed by atoms with Gasteiger partial charge in [0.2, 0.25) is 11.8 Å². The molecule has 0 unspecified atom stereocenters. The lowest BCUT2D eigenvalue weighted by Gasteiger charge is -2.24. The van der Waals surface area contributed by atoms with Crippen LogP contribution in [0.15, 0.2) is 36.4 Å². The Morgan fingerprint density at radius 2 is 2.03 bits per heavy atom. The highest BCUT2D eigenvalue weighted by Crippen LogP contribution is 2.52. The molecular formula is C23H31N3O4. The summed E-state index contributed by atoms with van der Waals surface area (Å²) in [7, 11) is 1.61. The van der Waals surface area contributed by atoms with Crippen LogP contribution >= 0.6 is 0 Å². The molecule has 2 amide bonds. The van der Waals surface area contributed by atoms with Gasteiger partial charge in [-0.15, -0.1) is 0 Å². The van der Waals surface area contributed by atoms with Crippen LogP contribution in [0.1, 0.15) is 20.3 Å². The minimum atomic E-state index is -0.703. The summed E-state index contributed by atoms with van der Waals surface area (Å²) in [5, 5.41) is 3.05. The van der Waals surface area contributed by atoms with Gasteiger partial charge < -0.3 is 24.6 Å². The van der Waals surface area contributed by atoms with Gasteiger partial charge in [-0.2, -0.15) is 0 Å². The standard InChI is InChI=1S/C23H31N3O4/c1-4-25(5-2)14-6-13-24-21(27)19-18-11-12-23(30-18)15-26(22(28)20(19)23)16-7-9-17(29-3)10-8-16/h7-12,18-20H,4-6,13-15H2,1-3H3,(H,24,27)/t18-,19+,20-,23+/m1/s1. The van der Waals surface area contributed by atoms with E-state index in [-0.39, 0.29) is 17.9 Å². The van der Waals surface area contributed by atoms with Crippen LogP contribution in [0.5, 0.6) is 5.75 Å². The predicted octanol–water partition coefficient (Wildman–Crippen LogP) is 1.83. The number of carbonyl (C=O) groups is 2. The van der Waals surface area contributed by atoms with Gasteiger partial charge in [-0.25, -0.2) is 0 Å². The Balaban J connectivity index is 1.43. The first kappa shape index (κ1) is 20.9. The van der Waals surface area contributed by atoms with Gasteiger partial charge in [0.15, 0.2) is 0 Å². The highest BCUT2D eigenvalue weighted by molar-refractivity contribution is 6.03. The molecule has 2 fully saturated rings. The number of ether oxygens (including phenoxy) is 2. The number of benzene rings is 1. The first-order valence-electron chi connectivity index (χ1n) is 10.9. The largest absolute Gasteiger partial charge is 0.497 e.